The first-order valence-electron chi connectivity index (χ1n) is 7.42. The van der Waals surface area contributed by atoms with Gasteiger partial charge in [0.05, 0.1) is 6.67 Å². The lowest BCUT2D eigenvalue weighted by atomic mass is 9.89. The molecule has 0 bridgehead atoms. The average molecular weight is 258 g/mol. The zero-order chi connectivity index (χ0) is 13.1. The van der Waals surface area contributed by atoms with Crippen molar-refractivity contribution in [2.45, 2.75) is 38.1 Å². The van der Waals surface area contributed by atoms with Crippen LogP contribution in [0.25, 0.3) is 0 Å². The molecular formula is C16H22N2O. The molecular weight excluding hydrogens is 236 g/mol. The van der Waals surface area contributed by atoms with E-state index >= 15 is 0 Å². The van der Waals surface area contributed by atoms with Gasteiger partial charge in [-0.05, 0) is 24.3 Å². The van der Waals surface area contributed by atoms with Gasteiger partial charge < -0.3 is 4.90 Å². The lowest BCUT2D eigenvalue weighted by molar-refractivity contribution is -0.129. The predicted octanol–water partition coefficient (Wildman–Crippen LogP) is 2.70. The van der Waals surface area contributed by atoms with Gasteiger partial charge in [-0.2, -0.15) is 0 Å². The third-order valence-electron chi connectivity index (χ3n) is 4.38. The number of benzene rings is 1. The summed E-state index contributed by atoms with van der Waals surface area (Å²) in [6.07, 6.45) is 6.62. The van der Waals surface area contributed by atoms with E-state index in [1.165, 1.54) is 32.1 Å². The molecule has 3 heteroatoms. The van der Waals surface area contributed by atoms with Crippen molar-refractivity contribution < 1.29 is 4.79 Å². The molecule has 3 rings (SSSR count). The maximum atomic E-state index is 12.4. The Morgan fingerprint density at radius 2 is 1.84 bits per heavy atom. The molecule has 1 heterocycles. The molecule has 1 N–H and O–H groups in total. The Bertz CT molecular complexity index is 426. The van der Waals surface area contributed by atoms with E-state index in [1.54, 1.807) is 0 Å². The summed E-state index contributed by atoms with van der Waals surface area (Å²) in [5, 5.41) is 3.34. The summed E-state index contributed by atoms with van der Waals surface area (Å²) in [5.74, 6) is 0.964. The minimum atomic E-state index is -0.134. The van der Waals surface area contributed by atoms with Crippen molar-refractivity contribution >= 4 is 5.91 Å². The van der Waals surface area contributed by atoms with Crippen molar-refractivity contribution in [3.05, 3.63) is 35.9 Å². The summed E-state index contributed by atoms with van der Waals surface area (Å²) in [6, 6.07) is 9.90. The first-order chi connectivity index (χ1) is 9.34. The lowest BCUT2D eigenvalue weighted by Gasteiger charge is -2.26. The number of amides is 1. The maximum absolute atomic E-state index is 12.4. The van der Waals surface area contributed by atoms with E-state index in [9.17, 15) is 4.79 Å². The topological polar surface area (TPSA) is 32.3 Å². The molecule has 0 radical (unpaired) electrons. The van der Waals surface area contributed by atoms with Crippen LogP contribution in [0.1, 0.15) is 43.7 Å². The summed E-state index contributed by atoms with van der Waals surface area (Å²) < 4.78 is 0. The molecule has 1 aliphatic carbocycles. The first kappa shape index (κ1) is 12.7. The number of hydrogen-bond acceptors (Lipinski definition) is 2. The Kier molecular flexibility index (Phi) is 3.83. The molecule has 1 unspecified atom stereocenters. The van der Waals surface area contributed by atoms with Crippen molar-refractivity contribution in [2.24, 2.45) is 5.92 Å². The highest BCUT2D eigenvalue weighted by atomic mass is 16.2. The standard InChI is InChI=1S/C16H22N2O/c19-16-15(14-9-5-2-6-10-14)17-12-18(16)11-13-7-3-1-4-8-13/h2,5-6,9-10,13,15,17H,1,3-4,7-8,11-12H2. The largest absolute Gasteiger partial charge is 0.328 e. The molecule has 1 atom stereocenters. The van der Waals surface area contributed by atoms with Crippen LogP contribution in [0.4, 0.5) is 0 Å². The average Bonchev–Trinajstić information content (AvgIpc) is 2.82. The fourth-order valence-corrected chi connectivity index (χ4v) is 3.29. The van der Waals surface area contributed by atoms with Crippen molar-refractivity contribution in [3.8, 4) is 0 Å². The van der Waals surface area contributed by atoms with Crippen LogP contribution in [0.5, 0.6) is 0 Å². The number of carbonyl (C=O) groups excluding carboxylic acids is 1. The van der Waals surface area contributed by atoms with Crippen molar-refractivity contribution in [3.63, 3.8) is 0 Å². The van der Waals surface area contributed by atoms with Crippen LogP contribution < -0.4 is 5.32 Å². The summed E-state index contributed by atoms with van der Waals surface area (Å²) in [6.45, 7) is 1.64. The van der Waals surface area contributed by atoms with Gasteiger partial charge in [0.2, 0.25) is 5.91 Å². The zero-order valence-corrected chi connectivity index (χ0v) is 11.3. The minimum Gasteiger partial charge on any atom is -0.328 e. The molecule has 1 amide bonds. The Hall–Kier alpha value is -1.35. The van der Waals surface area contributed by atoms with E-state index in [0.717, 1.165) is 12.1 Å². The van der Waals surface area contributed by atoms with E-state index in [0.29, 0.717) is 12.6 Å². The van der Waals surface area contributed by atoms with Gasteiger partial charge >= 0.3 is 0 Å². The van der Waals surface area contributed by atoms with E-state index < -0.39 is 0 Å². The van der Waals surface area contributed by atoms with Gasteiger partial charge in [0.15, 0.2) is 0 Å². The van der Waals surface area contributed by atoms with Crippen LogP contribution in [0.2, 0.25) is 0 Å². The maximum Gasteiger partial charge on any atom is 0.245 e. The van der Waals surface area contributed by atoms with Crippen LogP contribution in [-0.4, -0.2) is 24.0 Å². The molecule has 102 valence electrons. The number of hydrogen-bond donors (Lipinski definition) is 1. The molecule has 1 saturated carbocycles. The Morgan fingerprint density at radius 3 is 2.58 bits per heavy atom. The first-order valence-corrected chi connectivity index (χ1v) is 7.42. The molecule has 1 aromatic rings. The van der Waals surface area contributed by atoms with Gasteiger partial charge in [-0.15, -0.1) is 0 Å². The summed E-state index contributed by atoms with van der Waals surface area (Å²) >= 11 is 0. The highest BCUT2D eigenvalue weighted by Gasteiger charge is 2.33. The second kappa shape index (κ2) is 5.74. The van der Waals surface area contributed by atoms with Crippen molar-refractivity contribution in [1.82, 2.24) is 10.2 Å². The molecule has 3 nitrogen and oxygen atoms in total. The lowest BCUT2D eigenvalue weighted by Crippen LogP contribution is -2.33. The molecule has 2 aliphatic rings. The number of nitrogens with zero attached hydrogens (tertiary/aromatic N) is 1. The van der Waals surface area contributed by atoms with E-state index in [4.69, 9.17) is 0 Å². The van der Waals surface area contributed by atoms with Crippen molar-refractivity contribution in [1.29, 1.82) is 0 Å². The smallest absolute Gasteiger partial charge is 0.245 e. The monoisotopic (exact) mass is 258 g/mol. The molecule has 0 spiro atoms. The van der Waals surface area contributed by atoms with Gasteiger partial charge in [0.25, 0.3) is 0 Å². The summed E-state index contributed by atoms with van der Waals surface area (Å²) in [7, 11) is 0. The third kappa shape index (κ3) is 2.81. The molecule has 1 aliphatic heterocycles. The van der Waals surface area contributed by atoms with Crippen LogP contribution in [0, 0.1) is 5.92 Å². The van der Waals surface area contributed by atoms with Crippen LogP contribution in [-0.2, 0) is 4.79 Å². The molecule has 19 heavy (non-hydrogen) atoms. The molecule has 1 aromatic carbocycles. The summed E-state index contributed by atoms with van der Waals surface area (Å²) in [4.78, 5) is 14.5. The molecule has 2 fully saturated rings. The number of rotatable bonds is 3. The SMILES string of the molecule is O=C1C(c2ccccc2)NCN1CC1CCCCC1. The number of nitrogens with one attached hydrogen (secondary N) is 1. The van der Waals surface area contributed by atoms with Gasteiger partial charge in [0, 0.05) is 6.54 Å². The van der Waals surface area contributed by atoms with Gasteiger partial charge in [0.1, 0.15) is 6.04 Å². The van der Waals surface area contributed by atoms with Crippen LogP contribution in [0.3, 0.4) is 0 Å². The van der Waals surface area contributed by atoms with Gasteiger partial charge in [-0.25, -0.2) is 0 Å². The Labute approximate surface area is 115 Å². The highest BCUT2D eigenvalue weighted by Crippen LogP contribution is 2.27. The minimum absolute atomic E-state index is 0.134. The van der Waals surface area contributed by atoms with E-state index in [-0.39, 0.29) is 11.9 Å². The fraction of sp³-hybridized carbons (Fsp3) is 0.562. The Balaban J connectivity index is 1.62. The second-order valence-electron chi connectivity index (χ2n) is 5.77. The fourth-order valence-electron chi connectivity index (χ4n) is 3.29. The third-order valence-corrected chi connectivity index (χ3v) is 4.38. The van der Waals surface area contributed by atoms with Crippen molar-refractivity contribution in [2.75, 3.05) is 13.2 Å². The van der Waals surface area contributed by atoms with Gasteiger partial charge in [-0.3, -0.25) is 10.1 Å². The molecule has 0 aromatic heterocycles. The number of carbonyl (C=O) groups is 1. The molecule has 1 saturated heterocycles. The summed E-state index contributed by atoms with van der Waals surface area (Å²) in [5.41, 5.74) is 1.08. The normalized spacial score (nSPS) is 24.9. The van der Waals surface area contributed by atoms with Crippen LogP contribution >= 0.6 is 0 Å². The van der Waals surface area contributed by atoms with E-state index in [1.807, 2.05) is 35.2 Å². The second-order valence-corrected chi connectivity index (χ2v) is 5.77. The quantitative estimate of drug-likeness (QED) is 0.904. The highest BCUT2D eigenvalue weighted by molar-refractivity contribution is 5.85. The predicted molar refractivity (Wildman–Crippen MR) is 75.5 cm³/mol. The van der Waals surface area contributed by atoms with Gasteiger partial charge in [-0.1, -0.05) is 49.6 Å². The Morgan fingerprint density at radius 1 is 1.11 bits per heavy atom. The zero-order valence-electron chi connectivity index (χ0n) is 11.3. The van der Waals surface area contributed by atoms with E-state index in [2.05, 4.69) is 5.32 Å². The van der Waals surface area contributed by atoms with Crippen LogP contribution in [0.15, 0.2) is 30.3 Å².